The Morgan fingerprint density at radius 3 is 2.36 bits per heavy atom. The predicted octanol–water partition coefficient (Wildman–Crippen LogP) is 4.76. The van der Waals surface area contributed by atoms with Gasteiger partial charge in [-0.15, -0.1) is 0 Å². The van der Waals surface area contributed by atoms with Gasteiger partial charge < -0.3 is 10.2 Å². The van der Waals surface area contributed by atoms with Gasteiger partial charge in [0.25, 0.3) is 0 Å². The normalized spacial score (nSPS) is 10.4. The van der Waals surface area contributed by atoms with Crippen LogP contribution in [0.4, 0.5) is 11.4 Å². The standard InChI is InChI=1S/C17H18Cl2N2O/c1-3-21(2)16(22)11-12-7-4-5-10-15(12)20-17-13(18)8-6-9-14(17)19/h4-10,20H,3,11H2,1-2H3. The summed E-state index contributed by atoms with van der Waals surface area (Å²) < 4.78 is 0. The zero-order chi connectivity index (χ0) is 16.1. The molecule has 0 saturated carbocycles. The molecule has 0 aliphatic heterocycles. The first-order valence-electron chi connectivity index (χ1n) is 7.05. The molecule has 0 bridgehead atoms. The summed E-state index contributed by atoms with van der Waals surface area (Å²) in [4.78, 5) is 13.8. The van der Waals surface area contributed by atoms with E-state index in [1.807, 2.05) is 31.2 Å². The van der Waals surface area contributed by atoms with Crippen molar-refractivity contribution in [3.8, 4) is 0 Å². The number of benzene rings is 2. The number of nitrogens with zero attached hydrogens (tertiary/aromatic N) is 1. The molecule has 2 aromatic rings. The third-order valence-corrected chi connectivity index (χ3v) is 4.11. The number of para-hydroxylation sites is 2. The first-order chi connectivity index (χ1) is 10.5. The molecule has 0 aliphatic rings. The van der Waals surface area contributed by atoms with Gasteiger partial charge in [0.1, 0.15) is 0 Å². The van der Waals surface area contributed by atoms with Gasteiger partial charge in [0, 0.05) is 19.3 Å². The summed E-state index contributed by atoms with van der Waals surface area (Å²) in [5.74, 6) is 0.0713. The number of amides is 1. The number of anilines is 2. The second-order valence-corrected chi connectivity index (χ2v) is 5.78. The minimum atomic E-state index is 0.0713. The summed E-state index contributed by atoms with van der Waals surface area (Å²) in [5, 5.41) is 4.32. The highest BCUT2D eigenvalue weighted by Crippen LogP contribution is 2.33. The number of carbonyl (C=O) groups excluding carboxylic acids is 1. The largest absolute Gasteiger partial charge is 0.353 e. The van der Waals surface area contributed by atoms with Crippen molar-refractivity contribution >= 4 is 40.5 Å². The molecule has 0 radical (unpaired) electrons. The second-order valence-electron chi connectivity index (χ2n) is 4.96. The minimum absolute atomic E-state index is 0.0713. The minimum Gasteiger partial charge on any atom is -0.353 e. The summed E-state index contributed by atoms with van der Waals surface area (Å²) in [6, 6.07) is 13.0. The second kappa shape index (κ2) is 7.52. The van der Waals surface area contributed by atoms with Crippen LogP contribution >= 0.6 is 23.2 Å². The number of carbonyl (C=O) groups is 1. The first kappa shape index (κ1) is 16.7. The third-order valence-electron chi connectivity index (χ3n) is 3.48. The van der Waals surface area contributed by atoms with Crippen molar-refractivity contribution in [1.82, 2.24) is 4.90 Å². The van der Waals surface area contributed by atoms with Gasteiger partial charge in [-0.3, -0.25) is 4.79 Å². The average Bonchev–Trinajstić information content (AvgIpc) is 2.51. The Balaban J connectivity index is 2.27. The van der Waals surface area contributed by atoms with Crippen LogP contribution in [-0.4, -0.2) is 24.4 Å². The Bertz CT molecular complexity index is 653. The van der Waals surface area contributed by atoms with Gasteiger partial charge in [-0.25, -0.2) is 0 Å². The molecule has 0 unspecified atom stereocenters. The van der Waals surface area contributed by atoms with Crippen LogP contribution in [0.3, 0.4) is 0 Å². The van der Waals surface area contributed by atoms with Gasteiger partial charge in [-0.1, -0.05) is 47.5 Å². The Morgan fingerprint density at radius 2 is 1.73 bits per heavy atom. The van der Waals surface area contributed by atoms with Crippen LogP contribution < -0.4 is 5.32 Å². The van der Waals surface area contributed by atoms with Crippen LogP contribution in [0.1, 0.15) is 12.5 Å². The van der Waals surface area contributed by atoms with Crippen LogP contribution in [0, 0.1) is 0 Å². The van der Waals surface area contributed by atoms with E-state index in [0.29, 0.717) is 28.7 Å². The Kier molecular flexibility index (Phi) is 5.69. The topological polar surface area (TPSA) is 32.3 Å². The number of rotatable bonds is 5. The van der Waals surface area contributed by atoms with Crippen molar-refractivity contribution in [3.05, 3.63) is 58.1 Å². The van der Waals surface area contributed by atoms with E-state index in [2.05, 4.69) is 5.32 Å². The van der Waals surface area contributed by atoms with Gasteiger partial charge in [-0.2, -0.15) is 0 Å². The molecule has 1 N–H and O–H groups in total. The number of hydrogen-bond acceptors (Lipinski definition) is 2. The van der Waals surface area contributed by atoms with E-state index in [4.69, 9.17) is 23.2 Å². The molecule has 22 heavy (non-hydrogen) atoms. The molecule has 0 fully saturated rings. The number of nitrogens with one attached hydrogen (secondary N) is 1. The summed E-state index contributed by atoms with van der Waals surface area (Å²) in [5.41, 5.74) is 2.38. The SMILES string of the molecule is CCN(C)C(=O)Cc1ccccc1Nc1c(Cl)cccc1Cl. The highest BCUT2D eigenvalue weighted by Gasteiger charge is 2.13. The molecule has 0 aliphatic carbocycles. The van der Waals surface area contributed by atoms with Crippen molar-refractivity contribution in [1.29, 1.82) is 0 Å². The van der Waals surface area contributed by atoms with E-state index in [-0.39, 0.29) is 5.91 Å². The fourth-order valence-electron chi connectivity index (χ4n) is 2.02. The maximum Gasteiger partial charge on any atom is 0.226 e. The lowest BCUT2D eigenvalue weighted by atomic mass is 10.1. The Hall–Kier alpha value is -1.71. The van der Waals surface area contributed by atoms with Crippen molar-refractivity contribution in [2.24, 2.45) is 0 Å². The lowest BCUT2D eigenvalue weighted by Gasteiger charge is -2.17. The van der Waals surface area contributed by atoms with E-state index in [9.17, 15) is 4.79 Å². The van der Waals surface area contributed by atoms with Gasteiger partial charge in [0.15, 0.2) is 0 Å². The number of hydrogen-bond donors (Lipinski definition) is 1. The molecule has 0 heterocycles. The average molecular weight is 337 g/mol. The molecule has 116 valence electrons. The Labute approximate surface area is 140 Å². The van der Waals surface area contributed by atoms with E-state index < -0.39 is 0 Å². The van der Waals surface area contributed by atoms with E-state index in [1.54, 1.807) is 30.1 Å². The van der Waals surface area contributed by atoms with Gasteiger partial charge >= 0.3 is 0 Å². The van der Waals surface area contributed by atoms with Crippen LogP contribution in [0.15, 0.2) is 42.5 Å². The fourth-order valence-corrected chi connectivity index (χ4v) is 2.51. The fraction of sp³-hybridized carbons (Fsp3) is 0.235. The maximum absolute atomic E-state index is 12.1. The zero-order valence-electron chi connectivity index (χ0n) is 12.6. The molecule has 3 nitrogen and oxygen atoms in total. The van der Waals surface area contributed by atoms with Crippen molar-refractivity contribution in [2.45, 2.75) is 13.3 Å². The lowest BCUT2D eigenvalue weighted by molar-refractivity contribution is -0.128. The van der Waals surface area contributed by atoms with Gasteiger partial charge in [0.2, 0.25) is 5.91 Å². The van der Waals surface area contributed by atoms with E-state index in [1.165, 1.54) is 0 Å². The molecule has 0 aromatic heterocycles. The number of halogens is 2. The van der Waals surface area contributed by atoms with Crippen LogP contribution in [-0.2, 0) is 11.2 Å². The van der Waals surface area contributed by atoms with Gasteiger partial charge in [0.05, 0.1) is 22.2 Å². The molecule has 1 amide bonds. The summed E-state index contributed by atoms with van der Waals surface area (Å²) in [7, 11) is 1.79. The predicted molar refractivity (Wildman–Crippen MR) is 93.2 cm³/mol. The molecule has 5 heteroatoms. The van der Waals surface area contributed by atoms with Crippen molar-refractivity contribution in [2.75, 3.05) is 18.9 Å². The maximum atomic E-state index is 12.1. The highest BCUT2D eigenvalue weighted by atomic mass is 35.5. The smallest absolute Gasteiger partial charge is 0.226 e. The molecule has 2 aromatic carbocycles. The molecular formula is C17H18Cl2N2O. The van der Waals surface area contributed by atoms with Crippen molar-refractivity contribution in [3.63, 3.8) is 0 Å². The third kappa shape index (κ3) is 3.93. The molecular weight excluding hydrogens is 319 g/mol. The van der Waals surface area contributed by atoms with Crippen LogP contribution in [0.5, 0.6) is 0 Å². The quantitative estimate of drug-likeness (QED) is 0.853. The summed E-state index contributed by atoms with van der Waals surface area (Å²) in [6.07, 6.45) is 0.329. The summed E-state index contributed by atoms with van der Waals surface area (Å²) >= 11 is 12.4. The van der Waals surface area contributed by atoms with Gasteiger partial charge in [-0.05, 0) is 30.7 Å². The van der Waals surface area contributed by atoms with Crippen LogP contribution in [0.25, 0.3) is 0 Å². The molecule has 0 atom stereocenters. The molecule has 2 rings (SSSR count). The lowest BCUT2D eigenvalue weighted by Crippen LogP contribution is -2.27. The monoisotopic (exact) mass is 336 g/mol. The Morgan fingerprint density at radius 1 is 1.09 bits per heavy atom. The molecule has 0 spiro atoms. The molecule has 0 saturated heterocycles. The summed E-state index contributed by atoms with van der Waals surface area (Å²) in [6.45, 7) is 2.64. The zero-order valence-corrected chi connectivity index (χ0v) is 14.1. The highest BCUT2D eigenvalue weighted by molar-refractivity contribution is 6.39. The van der Waals surface area contributed by atoms with E-state index >= 15 is 0 Å². The van der Waals surface area contributed by atoms with E-state index in [0.717, 1.165) is 11.3 Å². The van der Waals surface area contributed by atoms with Crippen molar-refractivity contribution < 1.29 is 4.79 Å². The number of likely N-dealkylation sites (N-methyl/N-ethyl adjacent to an activating group) is 1. The first-order valence-corrected chi connectivity index (χ1v) is 7.81. The van der Waals surface area contributed by atoms with Crippen LogP contribution in [0.2, 0.25) is 10.0 Å².